The summed E-state index contributed by atoms with van der Waals surface area (Å²) >= 11 is 0. The van der Waals surface area contributed by atoms with Crippen molar-refractivity contribution in [3.05, 3.63) is 71.8 Å². The standard InChI is InChI=1S/C31H36O7/c1-19-16-17-24(35-20(2)32)30(5)25(36-27(33)21-12-8-6-9-13-21)18-23-26(31(19,30)38-29(23,3)4)37-28(34)22-14-10-7-11-15-22/h6-15,19,23-26H,16-18H2,1-5H3. The third kappa shape index (κ3) is 4.03. The van der Waals surface area contributed by atoms with Crippen molar-refractivity contribution in [3.8, 4) is 0 Å². The summed E-state index contributed by atoms with van der Waals surface area (Å²) in [5.74, 6) is -1.58. The molecule has 2 bridgehead atoms. The van der Waals surface area contributed by atoms with Gasteiger partial charge in [0.15, 0.2) is 0 Å². The predicted octanol–water partition coefficient (Wildman–Crippen LogP) is 5.37. The Kier molecular flexibility index (Phi) is 6.62. The van der Waals surface area contributed by atoms with Gasteiger partial charge in [0.2, 0.25) is 0 Å². The molecule has 0 radical (unpaired) electrons. The second-order valence-electron chi connectivity index (χ2n) is 11.7. The van der Waals surface area contributed by atoms with Crippen LogP contribution in [0.2, 0.25) is 0 Å². The number of carbonyl (C=O) groups excluding carboxylic acids is 3. The number of carbonyl (C=O) groups is 3. The van der Waals surface area contributed by atoms with E-state index in [-0.39, 0.29) is 11.8 Å². The fourth-order valence-corrected chi connectivity index (χ4v) is 7.32. The van der Waals surface area contributed by atoms with Gasteiger partial charge in [-0.05, 0) is 70.2 Å². The lowest BCUT2D eigenvalue weighted by Gasteiger charge is -2.61. The van der Waals surface area contributed by atoms with E-state index in [0.717, 1.165) is 0 Å². The van der Waals surface area contributed by atoms with E-state index in [1.54, 1.807) is 48.5 Å². The molecule has 3 aliphatic rings. The Labute approximate surface area is 223 Å². The lowest BCUT2D eigenvalue weighted by molar-refractivity contribution is -0.282. The highest BCUT2D eigenvalue weighted by Crippen LogP contribution is 2.67. The van der Waals surface area contributed by atoms with Crippen LogP contribution in [0.3, 0.4) is 0 Å². The summed E-state index contributed by atoms with van der Waals surface area (Å²) in [6, 6.07) is 17.8. The monoisotopic (exact) mass is 520 g/mol. The Balaban J connectivity index is 1.60. The molecule has 2 aromatic carbocycles. The van der Waals surface area contributed by atoms with Crippen molar-refractivity contribution in [2.24, 2.45) is 17.3 Å². The van der Waals surface area contributed by atoms with E-state index in [0.29, 0.717) is 30.4 Å². The van der Waals surface area contributed by atoms with Gasteiger partial charge in [0.1, 0.15) is 23.9 Å². The fourth-order valence-electron chi connectivity index (χ4n) is 7.32. The number of ether oxygens (including phenoxy) is 4. The van der Waals surface area contributed by atoms with E-state index in [1.807, 2.05) is 32.9 Å². The molecule has 38 heavy (non-hydrogen) atoms. The molecule has 2 aliphatic carbocycles. The molecule has 0 amide bonds. The average molecular weight is 521 g/mol. The molecule has 1 aliphatic heterocycles. The van der Waals surface area contributed by atoms with E-state index in [1.165, 1.54) is 6.92 Å². The first-order valence-corrected chi connectivity index (χ1v) is 13.4. The second kappa shape index (κ2) is 9.53. The van der Waals surface area contributed by atoms with Gasteiger partial charge < -0.3 is 18.9 Å². The summed E-state index contributed by atoms with van der Waals surface area (Å²) in [6.07, 6.45) is -0.129. The van der Waals surface area contributed by atoms with Gasteiger partial charge in [-0.1, -0.05) is 43.3 Å². The lowest BCUT2D eigenvalue weighted by atomic mass is 9.49. The molecular formula is C31H36O7. The van der Waals surface area contributed by atoms with Crippen LogP contribution in [0, 0.1) is 17.3 Å². The zero-order valence-electron chi connectivity index (χ0n) is 22.6. The summed E-state index contributed by atoms with van der Waals surface area (Å²) < 4.78 is 25.5. The van der Waals surface area contributed by atoms with Crippen LogP contribution in [0.5, 0.6) is 0 Å². The van der Waals surface area contributed by atoms with E-state index in [2.05, 4.69) is 6.92 Å². The number of esters is 3. The number of hydrogen-bond acceptors (Lipinski definition) is 7. The molecule has 7 unspecified atom stereocenters. The van der Waals surface area contributed by atoms with Crippen LogP contribution in [0.15, 0.2) is 60.7 Å². The molecule has 1 heterocycles. The molecule has 202 valence electrons. The van der Waals surface area contributed by atoms with Gasteiger partial charge in [-0.25, -0.2) is 9.59 Å². The van der Waals surface area contributed by atoms with Gasteiger partial charge in [0.05, 0.1) is 22.1 Å². The molecular weight excluding hydrogens is 484 g/mol. The Bertz CT molecular complexity index is 1210. The number of fused-ring (bicyclic) bond motifs is 1. The van der Waals surface area contributed by atoms with Gasteiger partial charge in [0, 0.05) is 12.8 Å². The minimum Gasteiger partial charge on any atom is -0.462 e. The second-order valence-corrected chi connectivity index (χ2v) is 11.7. The topological polar surface area (TPSA) is 88.1 Å². The summed E-state index contributed by atoms with van der Waals surface area (Å²) in [7, 11) is 0. The summed E-state index contributed by atoms with van der Waals surface area (Å²) in [4.78, 5) is 39.0. The maximum absolute atomic E-state index is 13.4. The van der Waals surface area contributed by atoms with Gasteiger partial charge in [0.25, 0.3) is 0 Å². The summed E-state index contributed by atoms with van der Waals surface area (Å²) in [5, 5.41) is 0. The minimum atomic E-state index is -1.04. The molecule has 2 saturated carbocycles. The van der Waals surface area contributed by atoms with Crippen LogP contribution < -0.4 is 0 Å². The highest BCUT2D eigenvalue weighted by molar-refractivity contribution is 5.90. The first-order valence-electron chi connectivity index (χ1n) is 13.4. The first kappa shape index (κ1) is 26.4. The average Bonchev–Trinajstić information content (AvgIpc) is 3.07. The quantitative estimate of drug-likeness (QED) is 0.387. The molecule has 7 heteroatoms. The molecule has 5 rings (SSSR count). The molecule has 0 aromatic heterocycles. The molecule has 7 nitrogen and oxygen atoms in total. The number of benzene rings is 2. The first-order chi connectivity index (χ1) is 18.0. The Morgan fingerprint density at radius 2 is 1.34 bits per heavy atom. The van der Waals surface area contributed by atoms with Crippen molar-refractivity contribution in [2.75, 3.05) is 0 Å². The van der Waals surface area contributed by atoms with E-state index in [4.69, 9.17) is 18.9 Å². The van der Waals surface area contributed by atoms with Crippen molar-refractivity contribution in [1.82, 2.24) is 0 Å². The van der Waals surface area contributed by atoms with Crippen LogP contribution in [0.1, 0.15) is 74.6 Å². The highest BCUT2D eigenvalue weighted by Gasteiger charge is 2.79. The highest BCUT2D eigenvalue weighted by atomic mass is 16.6. The van der Waals surface area contributed by atoms with Crippen LogP contribution >= 0.6 is 0 Å². The van der Waals surface area contributed by atoms with Gasteiger partial charge in [-0.3, -0.25) is 4.79 Å². The zero-order valence-corrected chi connectivity index (χ0v) is 22.6. The van der Waals surface area contributed by atoms with Crippen molar-refractivity contribution >= 4 is 17.9 Å². The van der Waals surface area contributed by atoms with Crippen molar-refractivity contribution in [3.63, 3.8) is 0 Å². The molecule has 2 aromatic rings. The SMILES string of the molecule is CC(=O)OC1CCC(C)C23OC(C)(C)C(CC(OC(=O)c4ccccc4)C12C)C3OC(=O)c1ccccc1. The molecule has 1 spiro atoms. The third-order valence-corrected chi connectivity index (χ3v) is 9.17. The summed E-state index contributed by atoms with van der Waals surface area (Å²) in [5.41, 5.74) is -1.77. The van der Waals surface area contributed by atoms with Crippen LogP contribution in [0.25, 0.3) is 0 Å². The van der Waals surface area contributed by atoms with E-state index < -0.39 is 52.8 Å². The molecule has 1 saturated heterocycles. The van der Waals surface area contributed by atoms with Gasteiger partial charge in [-0.15, -0.1) is 0 Å². The Hall–Kier alpha value is -3.19. The van der Waals surface area contributed by atoms with E-state index in [9.17, 15) is 14.4 Å². The molecule has 3 fully saturated rings. The van der Waals surface area contributed by atoms with Crippen molar-refractivity contribution in [2.45, 2.75) is 83.4 Å². The van der Waals surface area contributed by atoms with Crippen LogP contribution in [0.4, 0.5) is 0 Å². The van der Waals surface area contributed by atoms with Crippen molar-refractivity contribution < 1.29 is 33.3 Å². The lowest BCUT2D eigenvalue weighted by Crippen LogP contribution is -2.73. The van der Waals surface area contributed by atoms with E-state index >= 15 is 0 Å². The third-order valence-electron chi connectivity index (χ3n) is 9.17. The largest absolute Gasteiger partial charge is 0.462 e. The van der Waals surface area contributed by atoms with Crippen LogP contribution in [-0.4, -0.2) is 47.4 Å². The predicted molar refractivity (Wildman–Crippen MR) is 139 cm³/mol. The molecule has 0 N–H and O–H groups in total. The maximum Gasteiger partial charge on any atom is 0.338 e. The smallest absolute Gasteiger partial charge is 0.338 e. The Morgan fingerprint density at radius 1 is 0.789 bits per heavy atom. The molecule has 7 atom stereocenters. The van der Waals surface area contributed by atoms with Crippen LogP contribution in [-0.2, 0) is 23.7 Å². The van der Waals surface area contributed by atoms with Gasteiger partial charge >= 0.3 is 17.9 Å². The normalized spacial score (nSPS) is 35.0. The van der Waals surface area contributed by atoms with Crippen molar-refractivity contribution in [1.29, 1.82) is 0 Å². The Morgan fingerprint density at radius 3 is 1.89 bits per heavy atom. The minimum absolute atomic E-state index is 0.0598. The number of hydrogen-bond donors (Lipinski definition) is 0. The zero-order chi connectivity index (χ0) is 27.3. The van der Waals surface area contributed by atoms with Gasteiger partial charge in [-0.2, -0.15) is 0 Å². The fraction of sp³-hybridized carbons (Fsp3) is 0.516. The maximum atomic E-state index is 13.4. The summed E-state index contributed by atoms with van der Waals surface area (Å²) in [6.45, 7) is 9.45. The number of rotatable bonds is 5.